The van der Waals surface area contributed by atoms with Gasteiger partial charge in [-0.15, -0.1) is 0 Å². The van der Waals surface area contributed by atoms with E-state index in [1.54, 1.807) is 0 Å². The first-order chi connectivity index (χ1) is 14.8. The molecule has 0 bridgehead atoms. The first-order valence-corrected chi connectivity index (χ1v) is 10.8. The van der Waals surface area contributed by atoms with Gasteiger partial charge in [0.1, 0.15) is 0 Å². The Hall–Kier alpha value is -3.11. The lowest BCUT2D eigenvalue weighted by Crippen LogP contribution is -2.51. The fourth-order valence-electron chi connectivity index (χ4n) is 4.82. The molecule has 0 aromatic heterocycles. The number of carbonyl (C=O) groups excluding carboxylic acids is 1. The number of nitrogens with one attached hydrogen (secondary N) is 1. The van der Waals surface area contributed by atoms with Crippen LogP contribution in [0.5, 0.6) is 0 Å². The first-order valence-electron chi connectivity index (χ1n) is 10.4. The molecule has 0 aliphatic carbocycles. The number of carbonyl (C=O) groups is 1. The molecule has 31 heavy (non-hydrogen) atoms. The zero-order valence-corrected chi connectivity index (χ0v) is 18.5. The number of rotatable bonds is 2. The van der Waals surface area contributed by atoms with Crippen LogP contribution in [-0.4, -0.2) is 11.6 Å². The molecule has 4 nitrogen and oxygen atoms in total. The van der Waals surface area contributed by atoms with E-state index in [9.17, 15) is 4.79 Å². The van der Waals surface area contributed by atoms with Crippen molar-refractivity contribution < 1.29 is 4.79 Å². The summed E-state index contributed by atoms with van der Waals surface area (Å²) in [5.74, 6) is -0.362. The monoisotopic (exact) mass is 429 g/mol. The maximum Gasteiger partial charge on any atom is 0.258 e. The highest BCUT2D eigenvalue weighted by atomic mass is 35.5. The predicted octanol–water partition coefficient (Wildman–Crippen LogP) is 6.19. The van der Waals surface area contributed by atoms with Crippen molar-refractivity contribution in [2.45, 2.75) is 32.2 Å². The highest BCUT2D eigenvalue weighted by molar-refractivity contribution is 6.33. The molecule has 0 radical (unpaired) electrons. The quantitative estimate of drug-likeness (QED) is 0.527. The average molecular weight is 430 g/mol. The highest BCUT2D eigenvalue weighted by Crippen LogP contribution is 2.57. The average Bonchev–Trinajstić information content (AvgIpc) is 3.26. The first kappa shape index (κ1) is 19.8. The van der Waals surface area contributed by atoms with E-state index >= 15 is 0 Å². The van der Waals surface area contributed by atoms with Crippen molar-refractivity contribution in [3.05, 3.63) is 95.0 Å². The van der Waals surface area contributed by atoms with Gasteiger partial charge in [0, 0.05) is 16.7 Å². The summed E-state index contributed by atoms with van der Waals surface area (Å²) in [4.78, 5) is 13.9. The molecular weight excluding hydrogens is 406 g/mol. The van der Waals surface area contributed by atoms with Gasteiger partial charge in [0.05, 0.1) is 22.3 Å². The third kappa shape index (κ3) is 2.82. The van der Waals surface area contributed by atoms with Crippen LogP contribution < -0.4 is 10.3 Å². The summed E-state index contributed by atoms with van der Waals surface area (Å²) in [6.45, 7) is 6.43. The molecule has 2 atom stereocenters. The molecule has 2 heterocycles. The Morgan fingerprint density at radius 2 is 1.58 bits per heavy atom. The lowest BCUT2D eigenvalue weighted by molar-refractivity contribution is -0.120. The normalized spacial score (nSPS) is 22.5. The zero-order chi connectivity index (χ0) is 21.8. The van der Waals surface area contributed by atoms with Crippen LogP contribution in [0.1, 0.15) is 37.8 Å². The van der Waals surface area contributed by atoms with Crippen LogP contribution in [-0.2, 0) is 10.3 Å². The number of amides is 1. The van der Waals surface area contributed by atoms with E-state index in [0.29, 0.717) is 5.02 Å². The minimum absolute atomic E-state index is 0.0922. The third-order valence-corrected chi connectivity index (χ3v) is 6.47. The number of halogens is 1. The Morgan fingerprint density at radius 1 is 0.935 bits per heavy atom. The minimum atomic E-state index is -1.06. The molecule has 1 amide bonds. The zero-order valence-electron chi connectivity index (χ0n) is 17.8. The Morgan fingerprint density at radius 3 is 2.29 bits per heavy atom. The lowest BCUT2D eigenvalue weighted by atomic mass is 9.68. The Bertz CT molecular complexity index is 1200. The van der Waals surface area contributed by atoms with Crippen molar-refractivity contribution in [3.8, 4) is 0 Å². The summed E-state index contributed by atoms with van der Waals surface area (Å²) < 4.78 is 0. The van der Waals surface area contributed by atoms with Crippen molar-refractivity contribution in [1.29, 1.82) is 0 Å². The molecule has 5 rings (SSSR count). The van der Waals surface area contributed by atoms with E-state index in [-0.39, 0.29) is 17.2 Å². The van der Waals surface area contributed by atoms with Crippen molar-refractivity contribution in [2.75, 3.05) is 10.3 Å². The van der Waals surface area contributed by atoms with E-state index < -0.39 is 5.54 Å². The predicted molar refractivity (Wildman–Crippen MR) is 127 cm³/mol. The Balaban J connectivity index is 1.88. The van der Waals surface area contributed by atoms with Crippen LogP contribution in [0.15, 0.2) is 84.0 Å². The number of fused-ring (bicyclic) bond motifs is 2. The van der Waals surface area contributed by atoms with Gasteiger partial charge in [0.2, 0.25) is 0 Å². The molecule has 3 aromatic carbocycles. The van der Waals surface area contributed by atoms with Crippen LogP contribution in [0.2, 0.25) is 5.02 Å². The number of hydrazone groups is 1. The molecule has 0 saturated heterocycles. The molecule has 2 aliphatic heterocycles. The number of benzene rings is 3. The van der Waals surface area contributed by atoms with Gasteiger partial charge >= 0.3 is 0 Å². The van der Waals surface area contributed by atoms with Crippen LogP contribution in [0.3, 0.4) is 0 Å². The topological polar surface area (TPSA) is 44.7 Å². The number of hydrogen-bond donors (Lipinski definition) is 1. The second kappa shape index (κ2) is 6.96. The summed E-state index contributed by atoms with van der Waals surface area (Å²) in [5, 5.41) is 10.7. The highest BCUT2D eigenvalue weighted by Gasteiger charge is 2.63. The van der Waals surface area contributed by atoms with Crippen molar-refractivity contribution >= 4 is 34.6 Å². The minimum Gasteiger partial charge on any atom is -0.323 e. The summed E-state index contributed by atoms with van der Waals surface area (Å²) in [6, 6.07) is 25.7. The SMILES string of the molecule is CC(C)(C)C1=NN(c2ccccc2Cl)[C@]2(C(=O)Nc3ccccc32)[C@H]1c1ccccc1. The van der Waals surface area contributed by atoms with Crippen molar-refractivity contribution in [1.82, 2.24) is 0 Å². The number of hydrogen-bond acceptors (Lipinski definition) is 3. The van der Waals surface area contributed by atoms with E-state index in [2.05, 4.69) is 38.2 Å². The van der Waals surface area contributed by atoms with Crippen LogP contribution >= 0.6 is 11.6 Å². The van der Waals surface area contributed by atoms with E-state index in [1.165, 1.54) is 0 Å². The van der Waals surface area contributed by atoms with Gasteiger partial charge in [-0.1, -0.05) is 93.0 Å². The largest absolute Gasteiger partial charge is 0.323 e. The summed E-state index contributed by atoms with van der Waals surface area (Å²) in [6.07, 6.45) is 0. The standard InChI is InChI=1S/C26H24ClN3O/c1-25(2,3)23-22(17-11-5-4-6-12-17)26(18-13-7-9-15-20(18)28-24(26)31)30(29-23)21-16-10-8-14-19(21)27/h4-16,22H,1-3H3,(H,28,31)/t22-,26-/m0/s1. The molecule has 3 aromatic rings. The van der Waals surface area contributed by atoms with Crippen molar-refractivity contribution in [2.24, 2.45) is 10.5 Å². The number of anilines is 2. The van der Waals surface area contributed by atoms with E-state index in [4.69, 9.17) is 16.7 Å². The summed E-state index contributed by atoms with van der Waals surface area (Å²) in [5.41, 5.74) is 3.12. The molecule has 0 saturated carbocycles. The Kier molecular flexibility index (Phi) is 4.45. The van der Waals surface area contributed by atoms with Crippen molar-refractivity contribution in [3.63, 3.8) is 0 Å². The maximum absolute atomic E-state index is 13.9. The molecule has 156 valence electrons. The molecular formula is C26H24ClN3O. The number of nitrogens with zero attached hydrogens (tertiary/aromatic N) is 2. The summed E-state index contributed by atoms with van der Waals surface area (Å²) >= 11 is 6.65. The molecule has 0 fully saturated rings. The molecule has 1 spiro atoms. The smallest absolute Gasteiger partial charge is 0.258 e. The van der Waals surface area contributed by atoms with E-state index in [1.807, 2.05) is 71.7 Å². The van der Waals surface area contributed by atoms with Gasteiger partial charge < -0.3 is 5.32 Å². The third-order valence-electron chi connectivity index (χ3n) is 6.15. The van der Waals surface area contributed by atoms with Gasteiger partial charge in [-0.05, 0) is 23.8 Å². The van der Waals surface area contributed by atoms with Gasteiger partial charge in [-0.3, -0.25) is 4.79 Å². The second-order valence-corrected chi connectivity index (χ2v) is 9.52. The second-order valence-electron chi connectivity index (χ2n) is 9.11. The van der Waals surface area contributed by atoms with Gasteiger partial charge in [-0.2, -0.15) is 5.10 Å². The van der Waals surface area contributed by atoms with Gasteiger partial charge in [-0.25, -0.2) is 5.01 Å². The fraction of sp³-hybridized carbons (Fsp3) is 0.231. The van der Waals surface area contributed by atoms with Gasteiger partial charge in [0.25, 0.3) is 5.91 Å². The summed E-state index contributed by atoms with van der Waals surface area (Å²) in [7, 11) is 0. The maximum atomic E-state index is 13.9. The fourth-order valence-corrected chi connectivity index (χ4v) is 5.04. The molecule has 2 aliphatic rings. The molecule has 0 unspecified atom stereocenters. The van der Waals surface area contributed by atoms with Crippen LogP contribution in [0.25, 0.3) is 0 Å². The molecule has 5 heteroatoms. The van der Waals surface area contributed by atoms with Crippen LogP contribution in [0, 0.1) is 5.41 Å². The van der Waals surface area contributed by atoms with E-state index in [0.717, 1.165) is 28.2 Å². The lowest BCUT2D eigenvalue weighted by Gasteiger charge is -2.38. The molecule has 1 N–H and O–H groups in total. The number of para-hydroxylation sites is 2. The van der Waals surface area contributed by atoms with Crippen LogP contribution in [0.4, 0.5) is 11.4 Å². The Labute approximate surface area is 187 Å². The van der Waals surface area contributed by atoms with Gasteiger partial charge in [0.15, 0.2) is 5.54 Å².